The number of carbonyl (C=O) groups is 1. The average molecular weight is 298 g/mol. The lowest BCUT2D eigenvalue weighted by Crippen LogP contribution is -2.45. The van der Waals surface area contributed by atoms with Gasteiger partial charge in [0.05, 0.1) is 0 Å². The van der Waals surface area contributed by atoms with Crippen molar-refractivity contribution in [2.45, 2.75) is 78.9 Å². The summed E-state index contributed by atoms with van der Waals surface area (Å²) in [5, 5.41) is 3.62. The van der Waals surface area contributed by atoms with Crippen LogP contribution < -0.4 is 5.32 Å². The Morgan fingerprint density at radius 3 is 2.43 bits per heavy atom. The van der Waals surface area contributed by atoms with Crippen LogP contribution in [-0.2, 0) is 4.74 Å². The molecule has 1 aliphatic heterocycles. The van der Waals surface area contributed by atoms with Crippen LogP contribution >= 0.6 is 0 Å². The Bertz CT molecular complexity index is 329. The molecule has 0 spiro atoms. The second-order valence-electron chi connectivity index (χ2n) is 8.38. The first-order chi connectivity index (χ1) is 9.57. The van der Waals surface area contributed by atoms with E-state index in [1.165, 1.54) is 6.42 Å². The molecule has 1 N–H and O–H groups in total. The van der Waals surface area contributed by atoms with Gasteiger partial charge in [-0.2, -0.15) is 0 Å². The normalized spacial score (nSPS) is 21.0. The lowest BCUT2D eigenvalue weighted by molar-refractivity contribution is 0.0243. The zero-order valence-electron chi connectivity index (χ0n) is 14.8. The van der Waals surface area contributed by atoms with Gasteiger partial charge in [-0.05, 0) is 52.0 Å². The minimum atomic E-state index is -0.418. The molecule has 1 saturated heterocycles. The van der Waals surface area contributed by atoms with Crippen LogP contribution in [0.4, 0.5) is 4.79 Å². The van der Waals surface area contributed by atoms with Crippen LogP contribution in [0.2, 0.25) is 0 Å². The SMILES string of the molecule is CC(C)(C)CCNC1CCCCN(C(=O)OC(C)(C)C)C1. The molecule has 1 unspecified atom stereocenters. The molecule has 1 rings (SSSR count). The Morgan fingerprint density at radius 2 is 1.86 bits per heavy atom. The standard InChI is InChI=1S/C17H34N2O2/c1-16(2,3)10-11-18-14-9-7-8-12-19(13-14)15(20)21-17(4,5)6/h14,18H,7-13H2,1-6H3. The van der Waals surface area contributed by atoms with Crippen LogP contribution in [0.25, 0.3) is 0 Å². The number of nitrogens with one attached hydrogen (secondary N) is 1. The van der Waals surface area contributed by atoms with Gasteiger partial charge in [0.25, 0.3) is 0 Å². The highest BCUT2D eigenvalue weighted by Crippen LogP contribution is 2.19. The summed E-state index contributed by atoms with van der Waals surface area (Å²) in [4.78, 5) is 14.1. The van der Waals surface area contributed by atoms with E-state index in [0.717, 1.165) is 38.9 Å². The Kier molecular flexibility index (Phi) is 6.51. The number of likely N-dealkylation sites (tertiary alicyclic amines) is 1. The maximum absolute atomic E-state index is 12.2. The van der Waals surface area contributed by atoms with Gasteiger partial charge < -0.3 is 15.0 Å². The lowest BCUT2D eigenvalue weighted by Gasteiger charge is -2.29. The minimum Gasteiger partial charge on any atom is -0.444 e. The van der Waals surface area contributed by atoms with Gasteiger partial charge in [-0.3, -0.25) is 0 Å². The van der Waals surface area contributed by atoms with Gasteiger partial charge in [-0.15, -0.1) is 0 Å². The van der Waals surface area contributed by atoms with E-state index in [-0.39, 0.29) is 6.09 Å². The van der Waals surface area contributed by atoms with Gasteiger partial charge in [0.15, 0.2) is 0 Å². The van der Waals surface area contributed by atoms with Crippen molar-refractivity contribution in [2.24, 2.45) is 5.41 Å². The predicted octanol–water partition coefficient (Wildman–Crippen LogP) is 3.80. The Hall–Kier alpha value is -0.770. The fraction of sp³-hybridized carbons (Fsp3) is 0.941. The molecule has 4 nitrogen and oxygen atoms in total. The highest BCUT2D eigenvalue weighted by atomic mass is 16.6. The number of nitrogens with zero attached hydrogens (tertiary/aromatic N) is 1. The van der Waals surface area contributed by atoms with E-state index in [1.807, 2.05) is 25.7 Å². The summed E-state index contributed by atoms with van der Waals surface area (Å²) < 4.78 is 5.50. The third-order valence-corrected chi connectivity index (χ3v) is 3.63. The molecule has 1 amide bonds. The van der Waals surface area contributed by atoms with E-state index in [9.17, 15) is 4.79 Å². The van der Waals surface area contributed by atoms with E-state index >= 15 is 0 Å². The van der Waals surface area contributed by atoms with E-state index in [0.29, 0.717) is 11.5 Å². The summed E-state index contributed by atoms with van der Waals surface area (Å²) in [7, 11) is 0. The number of ether oxygens (including phenoxy) is 1. The van der Waals surface area contributed by atoms with Crippen molar-refractivity contribution in [3.8, 4) is 0 Å². The van der Waals surface area contributed by atoms with Crippen LogP contribution in [-0.4, -0.2) is 42.3 Å². The molecular formula is C17H34N2O2. The molecule has 0 bridgehead atoms. The van der Waals surface area contributed by atoms with Gasteiger partial charge in [0.1, 0.15) is 5.60 Å². The summed E-state index contributed by atoms with van der Waals surface area (Å²) in [6.07, 6.45) is 4.36. The molecule has 124 valence electrons. The third kappa shape index (κ3) is 8.30. The summed E-state index contributed by atoms with van der Waals surface area (Å²) in [5.41, 5.74) is -0.0683. The molecule has 1 aliphatic rings. The van der Waals surface area contributed by atoms with Crippen molar-refractivity contribution in [1.82, 2.24) is 10.2 Å². The van der Waals surface area contributed by atoms with Crippen molar-refractivity contribution < 1.29 is 9.53 Å². The van der Waals surface area contributed by atoms with E-state index < -0.39 is 5.60 Å². The summed E-state index contributed by atoms with van der Waals surface area (Å²) >= 11 is 0. The smallest absolute Gasteiger partial charge is 0.410 e. The summed E-state index contributed by atoms with van der Waals surface area (Å²) in [6, 6.07) is 0.391. The molecule has 1 heterocycles. The molecule has 4 heteroatoms. The summed E-state index contributed by atoms with van der Waals surface area (Å²) in [6.45, 7) is 15.1. The highest BCUT2D eigenvalue weighted by molar-refractivity contribution is 5.68. The first-order valence-corrected chi connectivity index (χ1v) is 8.28. The van der Waals surface area contributed by atoms with Crippen LogP contribution in [0.3, 0.4) is 0 Å². The molecule has 0 aromatic carbocycles. The third-order valence-electron chi connectivity index (χ3n) is 3.63. The van der Waals surface area contributed by atoms with Crippen LogP contribution in [0, 0.1) is 5.41 Å². The Labute approximate surface area is 130 Å². The fourth-order valence-electron chi connectivity index (χ4n) is 2.45. The van der Waals surface area contributed by atoms with Crippen molar-refractivity contribution >= 4 is 6.09 Å². The number of rotatable bonds is 3. The summed E-state index contributed by atoms with van der Waals surface area (Å²) in [5.74, 6) is 0. The quantitative estimate of drug-likeness (QED) is 0.861. The number of carbonyl (C=O) groups excluding carboxylic acids is 1. The van der Waals surface area contributed by atoms with E-state index in [2.05, 4.69) is 26.1 Å². The molecule has 0 aromatic heterocycles. The van der Waals surface area contributed by atoms with Crippen molar-refractivity contribution in [1.29, 1.82) is 0 Å². The number of amides is 1. The first kappa shape index (κ1) is 18.3. The van der Waals surface area contributed by atoms with Crippen LogP contribution in [0.15, 0.2) is 0 Å². The topological polar surface area (TPSA) is 41.6 Å². The van der Waals surface area contributed by atoms with Crippen LogP contribution in [0.5, 0.6) is 0 Å². The fourth-order valence-corrected chi connectivity index (χ4v) is 2.45. The molecule has 0 aromatic rings. The van der Waals surface area contributed by atoms with Crippen molar-refractivity contribution in [3.05, 3.63) is 0 Å². The molecule has 0 saturated carbocycles. The average Bonchev–Trinajstić information content (AvgIpc) is 2.50. The highest BCUT2D eigenvalue weighted by Gasteiger charge is 2.26. The van der Waals surface area contributed by atoms with Gasteiger partial charge in [-0.1, -0.05) is 27.2 Å². The number of hydrogen-bond donors (Lipinski definition) is 1. The Morgan fingerprint density at radius 1 is 1.19 bits per heavy atom. The molecule has 0 aliphatic carbocycles. The minimum absolute atomic E-state index is 0.174. The van der Waals surface area contributed by atoms with Gasteiger partial charge >= 0.3 is 6.09 Å². The van der Waals surface area contributed by atoms with Crippen molar-refractivity contribution in [2.75, 3.05) is 19.6 Å². The zero-order valence-corrected chi connectivity index (χ0v) is 14.8. The molecular weight excluding hydrogens is 264 g/mol. The second kappa shape index (κ2) is 7.48. The predicted molar refractivity (Wildman–Crippen MR) is 87.5 cm³/mol. The Balaban J connectivity index is 2.46. The van der Waals surface area contributed by atoms with Crippen molar-refractivity contribution in [3.63, 3.8) is 0 Å². The molecule has 1 fully saturated rings. The molecule has 21 heavy (non-hydrogen) atoms. The maximum atomic E-state index is 12.2. The van der Waals surface area contributed by atoms with E-state index in [1.54, 1.807) is 0 Å². The second-order valence-corrected chi connectivity index (χ2v) is 8.38. The monoisotopic (exact) mass is 298 g/mol. The first-order valence-electron chi connectivity index (χ1n) is 8.28. The largest absolute Gasteiger partial charge is 0.444 e. The molecule has 0 radical (unpaired) electrons. The molecule has 1 atom stereocenters. The van der Waals surface area contributed by atoms with Gasteiger partial charge in [0, 0.05) is 19.1 Å². The zero-order chi connectivity index (χ0) is 16.1. The van der Waals surface area contributed by atoms with Gasteiger partial charge in [0.2, 0.25) is 0 Å². The van der Waals surface area contributed by atoms with E-state index in [4.69, 9.17) is 4.74 Å². The maximum Gasteiger partial charge on any atom is 0.410 e. The number of hydrogen-bond acceptors (Lipinski definition) is 3. The van der Waals surface area contributed by atoms with Gasteiger partial charge in [-0.25, -0.2) is 4.79 Å². The van der Waals surface area contributed by atoms with Crippen LogP contribution in [0.1, 0.15) is 67.2 Å². The lowest BCUT2D eigenvalue weighted by atomic mass is 9.92.